The second kappa shape index (κ2) is 6.21. The van der Waals surface area contributed by atoms with E-state index in [0.717, 1.165) is 5.56 Å². The molecule has 0 saturated carbocycles. The van der Waals surface area contributed by atoms with Crippen LogP contribution in [0.1, 0.15) is 28.9 Å². The van der Waals surface area contributed by atoms with Crippen LogP contribution >= 0.6 is 0 Å². The molecule has 20 heavy (non-hydrogen) atoms. The first kappa shape index (κ1) is 14.1. The van der Waals surface area contributed by atoms with Crippen LogP contribution < -0.4 is 16.2 Å². The Morgan fingerprint density at radius 3 is 2.15 bits per heavy atom. The second-order valence-electron chi connectivity index (χ2n) is 4.70. The molecular weight excluding hydrogens is 252 g/mol. The van der Waals surface area contributed by atoms with Gasteiger partial charge >= 0.3 is 0 Å². The first-order chi connectivity index (χ1) is 9.58. The predicted molar refractivity (Wildman–Crippen MR) is 78.4 cm³/mol. The largest absolute Gasteiger partial charge is 0.484 e. The quantitative estimate of drug-likeness (QED) is 0.874. The molecule has 0 radical (unpaired) electrons. The van der Waals surface area contributed by atoms with Crippen molar-refractivity contribution in [2.45, 2.75) is 19.1 Å². The number of hydrogen-bond donors (Lipinski definition) is 2. The number of carbonyl (C=O) groups is 1. The number of rotatable bonds is 5. The summed E-state index contributed by atoms with van der Waals surface area (Å²) in [4.78, 5) is 11.0. The van der Waals surface area contributed by atoms with Gasteiger partial charge < -0.3 is 16.2 Å². The van der Waals surface area contributed by atoms with E-state index >= 15 is 0 Å². The van der Waals surface area contributed by atoms with Crippen LogP contribution in [0.3, 0.4) is 0 Å². The number of nitrogens with two attached hydrogens (primary N) is 2. The van der Waals surface area contributed by atoms with E-state index < -0.39 is 5.91 Å². The molecule has 0 fully saturated rings. The Bertz CT molecular complexity index is 565. The lowest BCUT2D eigenvalue weighted by Crippen LogP contribution is -2.29. The van der Waals surface area contributed by atoms with E-state index in [1.165, 1.54) is 0 Å². The van der Waals surface area contributed by atoms with Crippen LogP contribution in [0.25, 0.3) is 0 Å². The fourth-order valence-electron chi connectivity index (χ4n) is 1.97. The molecule has 0 bridgehead atoms. The van der Waals surface area contributed by atoms with Gasteiger partial charge in [-0.05, 0) is 36.8 Å². The van der Waals surface area contributed by atoms with Gasteiger partial charge in [0.1, 0.15) is 11.9 Å². The SMILES string of the molecule is CC(N)C(Oc1ccc(C(N)=O)cc1)c1ccccc1. The van der Waals surface area contributed by atoms with Gasteiger partial charge in [0, 0.05) is 11.6 Å². The summed E-state index contributed by atoms with van der Waals surface area (Å²) in [7, 11) is 0. The van der Waals surface area contributed by atoms with Crippen molar-refractivity contribution >= 4 is 5.91 Å². The second-order valence-corrected chi connectivity index (χ2v) is 4.70. The average Bonchev–Trinajstić information content (AvgIpc) is 2.46. The molecular formula is C16H18N2O2. The lowest BCUT2D eigenvalue weighted by Gasteiger charge is -2.23. The van der Waals surface area contributed by atoms with Crippen LogP contribution in [-0.2, 0) is 0 Å². The predicted octanol–water partition coefficient (Wildman–Crippen LogP) is 2.25. The number of hydrogen-bond acceptors (Lipinski definition) is 3. The molecule has 0 aliphatic rings. The maximum absolute atomic E-state index is 11.0. The molecule has 0 spiro atoms. The first-order valence-electron chi connectivity index (χ1n) is 6.45. The van der Waals surface area contributed by atoms with Crippen molar-refractivity contribution < 1.29 is 9.53 Å². The van der Waals surface area contributed by atoms with Crippen LogP contribution in [0, 0.1) is 0 Å². The molecule has 1 amide bonds. The Labute approximate surface area is 118 Å². The molecule has 2 atom stereocenters. The molecule has 4 N–H and O–H groups in total. The van der Waals surface area contributed by atoms with Crippen LogP contribution in [-0.4, -0.2) is 11.9 Å². The molecule has 2 aromatic rings. The molecule has 2 unspecified atom stereocenters. The molecule has 4 heteroatoms. The zero-order chi connectivity index (χ0) is 14.5. The van der Waals surface area contributed by atoms with Crippen molar-refractivity contribution in [2.75, 3.05) is 0 Å². The topological polar surface area (TPSA) is 78.3 Å². The van der Waals surface area contributed by atoms with Crippen LogP contribution in [0.2, 0.25) is 0 Å². The highest BCUT2D eigenvalue weighted by Crippen LogP contribution is 2.24. The van der Waals surface area contributed by atoms with Crippen LogP contribution in [0.15, 0.2) is 54.6 Å². The monoisotopic (exact) mass is 270 g/mol. The van der Waals surface area contributed by atoms with Crippen molar-refractivity contribution in [3.63, 3.8) is 0 Å². The van der Waals surface area contributed by atoms with Gasteiger partial charge in [0.2, 0.25) is 5.91 Å². The molecule has 4 nitrogen and oxygen atoms in total. The summed E-state index contributed by atoms with van der Waals surface area (Å²) < 4.78 is 5.92. The normalized spacial score (nSPS) is 13.5. The van der Waals surface area contributed by atoms with Crippen LogP contribution in [0.4, 0.5) is 0 Å². The number of benzene rings is 2. The maximum Gasteiger partial charge on any atom is 0.248 e. The Balaban J connectivity index is 2.19. The van der Waals surface area contributed by atoms with Gasteiger partial charge in [-0.15, -0.1) is 0 Å². The molecule has 2 aromatic carbocycles. The minimum Gasteiger partial charge on any atom is -0.484 e. The van der Waals surface area contributed by atoms with E-state index in [1.807, 2.05) is 37.3 Å². The Morgan fingerprint density at radius 1 is 1.05 bits per heavy atom. The molecule has 0 aliphatic heterocycles. The Hall–Kier alpha value is -2.33. The summed E-state index contributed by atoms with van der Waals surface area (Å²) in [6, 6.07) is 16.4. The third kappa shape index (κ3) is 3.36. The van der Waals surface area contributed by atoms with Gasteiger partial charge in [-0.3, -0.25) is 4.79 Å². The summed E-state index contributed by atoms with van der Waals surface area (Å²) in [5.74, 6) is 0.199. The summed E-state index contributed by atoms with van der Waals surface area (Å²) in [6.07, 6.45) is -0.240. The number of amides is 1. The summed E-state index contributed by atoms with van der Waals surface area (Å²) >= 11 is 0. The highest BCUT2D eigenvalue weighted by molar-refractivity contribution is 5.92. The maximum atomic E-state index is 11.0. The lowest BCUT2D eigenvalue weighted by atomic mass is 10.0. The molecule has 0 aliphatic carbocycles. The smallest absolute Gasteiger partial charge is 0.248 e. The highest BCUT2D eigenvalue weighted by atomic mass is 16.5. The minimum absolute atomic E-state index is 0.159. The van der Waals surface area contributed by atoms with E-state index in [-0.39, 0.29) is 12.1 Å². The van der Waals surface area contributed by atoms with Gasteiger partial charge in [0.15, 0.2) is 0 Å². The van der Waals surface area contributed by atoms with Gasteiger partial charge in [-0.1, -0.05) is 30.3 Å². The number of carbonyl (C=O) groups excluding carboxylic acids is 1. The van der Waals surface area contributed by atoms with Crippen molar-refractivity contribution in [3.05, 3.63) is 65.7 Å². The summed E-state index contributed by atoms with van der Waals surface area (Å²) in [5.41, 5.74) is 12.7. The fraction of sp³-hybridized carbons (Fsp3) is 0.188. The van der Waals surface area contributed by atoms with Crippen molar-refractivity contribution in [3.8, 4) is 5.75 Å². The average molecular weight is 270 g/mol. The number of ether oxygens (including phenoxy) is 1. The fourth-order valence-corrected chi connectivity index (χ4v) is 1.97. The van der Waals surface area contributed by atoms with E-state index in [9.17, 15) is 4.79 Å². The van der Waals surface area contributed by atoms with E-state index in [4.69, 9.17) is 16.2 Å². The van der Waals surface area contributed by atoms with Gasteiger partial charge in [0.05, 0.1) is 0 Å². The van der Waals surface area contributed by atoms with Gasteiger partial charge in [-0.25, -0.2) is 0 Å². The third-order valence-corrected chi connectivity index (χ3v) is 3.01. The zero-order valence-electron chi connectivity index (χ0n) is 11.3. The van der Waals surface area contributed by atoms with Gasteiger partial charge in [0.25, 0.3) is 0 Å². The van der Waals surface area contributed by atoms with E-state index in [1.54, 1.807) is 24.3 Å². The van der Waals surface area contributed by atoms with E-state index in [0.29, 0.717) is 11.3 Å². The Morgan fingerprint density at radius 2 is 1.65 bits per heavy atom. The lowest BCUT2D eigenvalue weighted by molar-refractivity contribution is 0.1000. The molecule has 0 heterocycles. The summed E-state index contributed by atoms with van der Waals surface area (Å²) in [5, 5.41) is 0. The highest BCUT2D eigenvalue weighted by Gasteiger charge is 2.18. The molecule has 0 saturated heterocycles. The number of primary amides is 1. The molecule has 0 aromatic heterocycles. The van der Waals surface area contributed by atoms with E-state index in [2.05, 4.69) is 0 Å². The summed E-state index contributed by atoms with van der Waals surface area (Å²) in [6.45, 7) is 1.90. The minimum atomic E-state index is -0.455. The zero-order valence-corrected chi connectivity index (χ0v) is 11.3. The van der Waals surface area contributed by atoms with Crippen LogP contribution in [0.5, 0.6) is 5.75 Å². The van der Waals surface area contributed by atoms with Crippen molar-refractivity contribution in [1.29, 1.82) is 0 Å². The van der Waals surface area contributed by atoms with Gasteiger partial charge in [-0.2, -0.15) is 0 Å². The van der Waals surface area contributed by atoms with Crippen molar-refractivity contribution in [2.24, 2.45) is 11.5 Å². The first-order valence-corrected chi connectivity index (χ1v) is 6.45. The molecule has 2 rings (SSSR count). The van der Waals surface area contributed by atoms with Crippen molar-refractivity contribution in [1.82, 2.24) is 0 Å². The standard InChI is InChI=1S/C16H18N2O2/c1-11(17)15(12-5-3-2-4-6-12)20-14-9-7-13(8-10-14)16(18)19/h2-11,15H,17H2,1H3,(H2,18,19). The Kier molecular flexibility index (Phi) is 4.38. The molecule has 104 valence electrons. The third-order valence-electron chi connectivity index (χ3n) is 3.01.